The molecule has 102 valence electrons. The van der Waals surface area contributed by atoms with E-state index >= 15 is 0 Å². The molecule has 1 heterocycles. The normalized spacial score (nSPS) is 20.3. The Labute approximate surface area is 113 Å². The van der Waals surface area contributed by atoms with Crippen LogP contribution in [0.4, 0.5) is 0 Å². The van der Waals surface area contributed by atoms with Crippen LogP contribution < -0.4 is 5.73 Å². The average Bonchev–Trinajstić information content (AvgIpc) is 2.75. The summed E-state index contributed by atoms with van der Waals surface area (Å²) in [6, 6.07) is 7.31. The highest BCUT2D eigenvalue weighted by atomic mass is 16.2. The maximum absolute atomic E-state index is 11.9. The largest absolute Gasteiger partial charge is 0.326 e. The fourth-order valence-corrected chi connectivity index (χ4v) is 2.50. The van der Waals surface area contributed by atoms with Gasteiger partial charge < -0.3 is 5.73 Å². The third-order valence-corrected chi connectivity index (χ3v) is 3.78. The van der Waals surface area contributed by atoms with Crippen molar-refractivity contribution in [2.45, 2.75) is 32.5 Å². The van der Waals surface area contributed by atoms with E-state index in [-0.39, 0.29) is 11.8 Å². The van der Waals surface area contributed by atoms with Crippen LogP contribution in [-0.2, 0) is 16.1 Å². The van der Waals surface area contributed by atoms with Crippen LogP contribution in [0.3, 0.4) is 0 Å². The van der Waals surface area contributed by atoms with Crippen molar-refractivity contribution in [2.75, 3.05) is 6.54 Å². The molecule has 2 rings (SSSR count). The Morgan fingerprint density at radius 3 is 2.79 bits per heavy atom. The molecule has 0 radical (unpaired) electrons. The first-order chi connectivity index (χ1) is 9.04. The molecular weight excluding hydrogens is 240 g/mol. The van der Waals surface area contributed by atoms with Crippen LogP contribution in [-0.4, -0.2) is 29.6 Å². The standard InChI is InChI=1S/C15H20N2O2/c1-10(2)13(16)8-17-7-11-5-3-4-6-12(11)15(17)14(19)9-18/h3-6,9-10,13,15H,7-8,16H2,1-2H3. The monoisotopic (exact) mass is 260 g/mol. The molecule has 0 spiro atoms. The molecule has 1 aliphatic rings. The second-order valence-electron chi connectivity index (χ2n) is 5.46. The first kappa shape index (κ1) is 13.9. The first-order valence-corrected chi connectivity index (χ1v) is 6.61. The molecule has 1 aliphatic heterocycles. The van der Waals surface area contributed by atoms with Gasteiger partial charge in [0.1, 0.15) is 6.04 Å². The van der Waals surface area contributed by atoms with Gasteiger partial charge in [-0.15, -0.1) is 0 Å². The minimum Gasteiger partial charge on any atom is -0.326 e. The Balaban J connectivity index is 2.26. The lowest BCUT2D eigenvalue weighted by Gasteiger charge is -2.27. The second kappa shape index (κ2) is 5.63. The van der Waals surface area contributed by atoms with E-state index in [1.54, 1.807) is 0 Å². The van der Waals surface area contributed by atoms with E-state index in [1.165, 1.54) is 0 Å². The first-order valence-electron chi connectivity index (χ1n) is 6.61. The highest BCUT2D eigenvalue weighted by Crippen LogP contribution is 2.34. The van der Waals surface area contributed by atoms with Crippen molar-refractivity contribution in [2.24, 2.45) is 11.7 Å². The zero-order valence-corrected chi connectivity index (χ0v) is 11.4. The summed E-state index contributed by atoms with van der Waals surface area (Å²) in [7, 11) is 0. The molecule has 0 saturated carbocycles. The van der Waals surface area contributed by atoms with Gasteiger partial charge in [0, 0.05) is 19.1 Å². The minimum absolute atomic E-state index is 0.00346. The number of nitrogens with two attached hydrogens (primary N) is 1. The fraction of sp³-hybridized carbons (Fsp3) is 0.467. The van der Waals surface area contributed by atoms with Gasteiger partial charge in [0.25, 0.3) is 0 Å². The smallest absolute Gasteiger partial charge is 0.216 e. The molecular formula is C15H20N2O2. The van der Waals surface area contributed by atoms with E-state index in [0.717, 1.165) is 11.1 Å². The Kier molecular flexibility index (Phi) is 4.12. The number of hydrogen-bond acceptors (Lipinski definition) is 4. The van der Waals surface area contributed by atoms with Gasteiger partial charge >= 0.3 is 0 Å². The lowest BCUT2D eigenvalue weighted by atomic mass is 10.0. The van der Waals surface area contributed by atoms with E-state index in [0.29, 0.717) is 25.3 Å². The van der Waals surface area contributed by atoms with E-state index in [9.17, 15) is 9.59 Å². The second-order valence-corrected chi connectivity index (χ2v) is 5.46. The highest BCUT2D eigenvalue weighted by Gasteiger charge is 2.35. The van der Waals surface area contributed by atoms with Crippen LogP contribution >= 0.6 is 0 Å². The molecule has 0 amide bonds. The molecule has 0 aliphatic carbocycles. The summed E-state index contributed by atoms with van der Waals surface area (Å²) >= 11 is 0. The average molecular weight is 260 g/mol. The third kappa shape index (κ3) is 2.74. The van der Waals surface area contributed by atoms with Gasteiger partial charge in [0.05, 0.1) is 0 Å². The van der Waals surface area contributed by atoms with Crippen molar-refractivity contribution < 1.29 is 9.59 Å². The molecule has 1 aromatic rings. The summed E-state index contributed by atoms with van der Waals surface area (Å²) in [6.07, 6.45) is 0.417. The van der Waals surface area contributed by atoms with Gasteiger partial charge in [-0.05, 0) is 17.0 Å². The fourth-order valence-electron chi connectivity index (χ4n) is 2.50. The Morgan fingerprint density at radius 2 is 2.16 bits per heavy atom. The number of benzene rings is 1. The van der Waals surface area contributed by atoms with Crippen molar-refractivity contribution in [1.29, 1.82) is 0 Å². The molecule has 4 nitrogen and oxygen atoms in total. The number of carbonyl (C=O) groups is 2. The van der Waals surface area contributed by atoms with Gasteiger partial charge in [0.15, 0.2) is 6.29 Å². The molecule has 0 fully saturated rings. The number of Topliss-reactive ketones (excluding diaryl/α,β-unsaturated/α-hetero) is 1. The summed E-state index contributed by atoms with van der Waals surface area (Å²) in [5.41, 5.74) is 8.14. The molecule has 4 heteroatoms. The number of rotatable bonds is 5. The summed E-state index contributed by atoms with van der Waals surface area (Å²) < 4.78 is 0. The Hall–Kier alpha value is -1.52. The van der Waals surface area contributed by atoms with E-state index in [2.05, 4.69) is 13.8 Å². The minimum atomic E-state index is -0.460. The van der Waals surface area contributed by atoms with Gasteiger partial charge in [-0.1, -0.05) is 38.1 Å². The Bertz CT molecular complexity index is 485. The number of ketones is 1. The van der Waals surface area contributed by atoms with E-state index < -0.39 is 6.04 Å². The summed E-state index contributed by atoms with van der Waals surface area (Å²) in [5, 5.41) is 0. The molecule has 0 saturated heterocycles. The quantitative estimate of drug-likeness (QED) is 0.640. The molecule has 19 heavy (non-hydrogen) atoms. The van der Waals surface area contributed by atoms with Crippen LogP contribution in [0.5, 0.6) is 0 Å². The van der Waals surface area contributed by atoms with Crippen molar-refractivity contribution in [3.8, 4) is 0 Å². The number of aldehydes is 1. The lowest BCUT2D eigenvalue weighted by molar-refractivity contribution is -0.133. The van der Waals surface area contributed by atoms with Crippen LogP contribution in [0.2, 0.25) is 0 Å². The Morgan fingerprint density at radius 1 is 1.47 bits per heavy atom. The van der Waals surface area contributed by atoms with Crippen molar-refractivity contribution in [1.82, 2.24) is 4.90 Å². The molecule has 2 unspecified atom stereocenters. The number of fused-ring (bicyclic) bond motifs is 1. The van der Waals surface area contributed by atoms with E-state index in [1.807, 2.05) is 29.2 Å². The highest BCUT2D eigenvalue weighted by molar-refractivity contribution is 6.27. The lowest BCUT2D eigenvalue weighted by Crippen LogP contribution is -2.41. The molecule has 0 aromatic heterocycles. The number of nitrogens with zero attached hydrogens (tertiary/aromatic N) is 1. The maximum atomic E-state index is 11.9. The zero-order chi connectivity index (χ0) is 14.0. The van der Waals surface area contributed by atoms with Crippen molar-refractivity contribution in [3.05, 3.63) is 35.4 Å². The summed E-state index contributed by atoms with van der Waals surface area (Å²) in [4.78, 5) is 24.8. The molecule has 1 aromatic carbocycles. The van der Waals surface area contributed by atoms with Crippen LogP contribution in [0.15, 0.2) is 24.3 Å². The maximum Gasteiger partial charge on any atom is 0.216 e. The topological polar surface area (TPSA) is 63.4 Å². The summed E-state index contributed by atoms with van der Waals surface area (Å²) in [6.45, 7) is 5.42. The van der Waals surface area contributed by atoms with Crippen LogP contribution in [0.1, 0.15) is 31.0 Å². The molecule has 0 bridgehead atoms. The molecule has 2 N–H and O–H groups in total. The number of carbonyl (C=O) groups excluding carboxylic acids is 2. The zero-order valence-electron chi connectivity index (χ0n) is 11.4. The number of hydrogen-bond donors (Lipinski definition) is 1. The summed E-state index contributed by atoms with van der Waals surface area (Å²) in [5.74, 6) is -0.0448. The van der Waals surface area contributed by atoms with Crippen LogP contribution in [0, 0.1) is 5.92 Å². The van der Waals surface area contributed by atoms with Gasteiger partial charge in [-0.3, -0.25) is 14.5 Å². The van der Waals surface area contributed by atoms with Crippen molar-refractivity contribution >= 4 is 12.1 Å². The predicted octanol–water partition coefficient (Wildman–Crippen LogP) is 1.29. The SMILES string of the molecule is CC(C)C(N)CN1Cc2ccccc2C1C(=O)C=O. The van der Waals surface area contributed by atoms with Gasteiger partial charge in [0.2, 0.25) is 5.78 Å². The van der Waals surface area contributed by atoms with Gasteiger partial charge in [-0.25, -0.2) is 0 Å². The van der Waals surface area contributed by atoms with Crippen molar-refractivity contribution in [3.63, 3.8) is 0 Å². The van der Waals surface area contributed by atoms with Gasteiger partial charge in [-0.2, -0.15) is 0 Å². The molecule has 2 atom stereocenters. The predicted molar refractivity (Wildman–Crippen MR) is 73.5 cm³/mol. The van der Waals surface area contributed by atoms with E-state index in [4.69, 9.17) is 5.73 Å². The van der Waals surface area contributed by atoms with Crippen LogP contribution in [0.25, 0.3) is 0 Å². The third-order valence-electron chi connectivity index (χ3n) is 3.78.